The number of hydrogen-bond donors (Lipinski definition) is 1. The lowest BCUT2D eigenvalue weighted by molar-refractivity contribution is -0.384. The second-order valence-corrected chi connectivity index (χ2v) is 5.68. The third-order valence-corrected chi connectivity index (χ3v) is 4.27. The topological polar surface area (TPSA) is 64.4 Å². The van der Waals surface area contributed by atoms with E-state index < -0.39 is 0 Å². The minimum Gasteiger partial charge on any atom is -0.381 e. The minimum absolute atomic E-state index is 0.105. The van der Waals surface area contributed by atoms with Crippen LogP contribution in [0.4, 0.5) is 5.69 Å². The first-order valence-electron chi connectivity index (χ1n) is 6.32. The molecule has 0 spiro atoms. The van der Waals surface area contributed by atoms with Gasteiger partial charge in [0.05, 0.1) is 11.5 Å². The standard InChI is InChI=1S/C13H17BrN2O3/c1-9(11-4-5-19-8-11)15-7-10-2-3-12(16(17)18)6-13(10)14/h2-3,6,9,11,15H,4-5,7-8H2,1H3. The summed E-state index contributed by atoms with van der Waals surface area (Å²) in [5.41, 5.74) is 1.13. The van der Waals surface area contributed by atoms with Crippen LogP contribution in [0.5, 0.6) is 0 Å². The first kappa shape index (κ1) is 14.4. The fourth-order valence-electron chi connectivity index (χ4n) is 2.18. The van der Waals surface area contributed by atoms with E-state index in [1.54, 1.807) is 12.1 Å². The van der Waals surface area contributed by atoms with E-state index in [2.05, 4.69) is 28.2 Å². The molecular weight excluding hydrogens is 312 g/mol. The van der Waals surface area contributed by atoms with Gasteiger partial charge in [0, 0.05) is 35.8 Å². The number of nitro benzene ring substituents is 1. The van der Waals surface area contributed by atoms with Gasteiger partial charge < -0.3 is 10.1 Å². The van der Waals surface area contributed by atoms with E-state index in [1.165, 1.54) is 6.07 Å². The largest absolute Gasteiger partial charge is 0.381 e. The van der Waals surface area contributed by atoms with Gasteiger partial charge in [0.2, 0.25) is 0 Å². The Morgan fingerprint density at radius 1 is 1.63 bits per heavy atom. The Kier molecular flexibility index (Phi) is 4.90. The molecule has 1 aliphatic heterocycles. The molecular formula is C13H17BrN2O3. The molecule has 104 valence electrons. The van der Waals surface area contributed by atoms with Crippen LogP contribution in [0.15, 0.2) is 22.7 Å². The molecule has 1 aliphatic rings. The van der Waals surface area contributed by atoms with Crippen molar-refractivity contribution < 1.29 is 9.66 Å². The van der Waals surface area contributed by atoms with Crippen molar-refractivity contribution in [1.29, 1.82) is 0 Å². The summed E-state index contributed by atoms with van der Waals surface area (Å²) in [4.78, 5) is 10.3. The molecule has 1 aromatic rings. The lowest BCUT2D eigenvalue weighted by Gasteiger charge is -2.19. The molecule has 1 aromatic carbocycles. The maximum atomic E-state index is 10.7. The Bertz CT molecular complexity index is 461. The summed E-state index contributed by atoms with van der Waals surface area (Å²) in [5.74, 6) is 0.553. The quantitative estimate of drug-likeness (QED) is 0.666. The molecule has 1 N–H and O–H groups in total. The zero-order valence-electron chi connectivity index (χ0n) is 10.8. The predicted molar refractivity (Wildman–Crippen MR) is 76.0 cm³/mol. The third kappa shape index (κ3) is 3.75. The van der Waals surface area contributed by atoms with Gasteiger partial charge in [-0.05, 0) is 30.9 Å². The minimum atomic E-state index is -0.388. The van der Waals surface area contributed by atoms with Crippen LogP contribution in [0.25, 0.3) is 0 Å². The highest BCUT2D eigenvalue weighted by molar-refractivity contribution is 9.10. The Labute approximate surface area is 120 Å². The molecule has 0 radical (unpaired) electrons. The highest BCUT2D eigenvalue weighted by atomic mass is 79.9. The summed E-state index contributed by atoms with van der Waals surface area (Å²) >= 11 is 3.38. The number of nitrogens with zero attached hydrogens (tertiary/aromatic N) is 1. The van der Waals surface area contributed by atoms with E-state index in [0.29, 0.717) is 18.5 Å². The summed E-state index contributed by atoms with van der Waals surface area (Å²) in [7, 11) is 0. The molecule has 1 saturated heterocycles. The van der Waals surface area contributed by atoms with E-state index in [4.69, 9.17) is 4.74 Å². The SMILES string of the molecule is CC(NCc1ccc([N+](=O)[O-])cc1Br)C1CCOC1. The zero-order valence-corrected chi connectivity index (χ0v) is 12.4. The number of rotatable bonds is 5. The monoisotopic (exact) mass is 328 g/mol. The van der Waals surface area contributed by atoms with E-state index in [-0.39, 0.29) is 10.6 Å². The van der Waals surface area contributed by atoms with Gasteiger partial charge in [-0.2, -0.15) is 0 Å². The van der Waals surface area contributed by atoms with Crippen molar-refractivity contribution >= 4 is 21.6 Å². The Balaban J connectivity index is 1.93. The molecule has 1 fully saturated rings. The molecule has 2 rings (SSSR count). The Hall–Kier alpha value is -0.980. The van der Waals surface area contributed by atoms with E-state index in [1.807, 2.05) is 0 Å². The van der Waals surface area contributed by atoms with Crippen LogP contribution in [-0.4, -0.2) is 24.2 Å². The van der Waals surface area contributed by atoms with Gasteiger partial charge in [0.1, 0.15) is 0 Å². The number of nitrogens with one attached hydrogen (secondary N) is 1. The van der Waals surface area contributed by atoms with Gasteiger partial charge in [-0.25, -0.2) is 0 Å². The van der Waals surface area contributed by atoms with Crippen LogP contribution in [0.3, 0.4) is 0 Å². The average Bonchev–Trinajstić information content (AvgIpc) is 2.90. The molecule has 6 heteroatoms. The molecule has 5 nitrogen and oxygen atoms in total. The average molecular weight is 329 g/mol. The second-order valence-electron chi connectivity index (χ2n) is 4.83. The predicted octanol–water partition coefficient (Wildman–Crippen LogP) is 2.87. The molecule has 2 unspecified atom stereocenters. The van der Waals surface area contributed by atoms with Crippen molar-refractivity contribution in [3.05, 3.63) is 38.3 Å². The fourth-order valence-corrected chi connectivity index (χ4v) is 2.68. The lowest BCUT2D eigenvalue weighted by Crippen LogP contribution is -2.33. The molecule has 1 heterocycles. The summed E-state index contributed by atoms with van der Waals surface area (Å²) in [6.07, 6.45) is 1.09. The Morgan fingerprint density at radius 3 is 3.00 bits per heavy atom. The maximum absolute atomic E-state index is 10.7. The molecule has 0 amide bonds. The lowest BCUT2D eigenvalue weighted by atomic mass is 10.0. The van der Waals surface area contributed by atoms with Crippen LogP contribution in [-0.2, 0) is 11.3 Å². The molecule has 0 saturated carbocycles. The van der Waals surface area contributed by atoms with Crippen LogP contribution in [0, 0.1) is 16.0 Å². The zero-order chi connectivity index (χ0) is 13.8. The van der Waals surface area contributed by atoms with E-state index in [9.17, 15) is 10.1 Å². The Morgan fingerprint density at radius 2 is 2.42 bits per heavy atom. The normalized spacial score (nSPS) is 20.4. The number of halogens is 1. The van der Waals surface area contributed by atoms with Crippen LogP contribution >= 0.6 is 15.9 Å². The first-order valence-corrected chi connectivity index (χ1v) is 7.11. The van der Waals surface area contributed by atoms with Gasteiger partial charge in [-0.3, -0.25) is 10.1 Å². The molecule has 19 heavy (non-hydrogen) atoms. The highest BCUT2D eigenvalue weighted by Crippen LogP contribution is 2.23. The van der Waals surface area contributed by atoms with Gasteiger partial charge in [-0.1, -0.05) is 15.9 Å². The van der Waals surface area contributed by atoms with Gasteiger partial charge in [0.25, 0.3) is 5.69 Å². The van der Waals surface area contributed by atoms with Gasteiger partial charge in [-0.15, -0.1) is 0 Å². The van der Waals surface area contributed by atoms with E-state index >= 15 is 0 Å². The summed E-state index contributed by atoms with van der Waals surface area (Å²) < 4.78 is 6.14. The van der Waals surface area contributed by atoms with Crippen LogP contribution < -0.4 is 5.32 Å². The summed E-state index contributed by atoms with van der Waals surface area (Å²) in [6.45, 7) is 4.50. The van der Waals surface area contributed by atoms with Crippen molar-refractivity contribution in [2.75, 3.05) is 13.2 Å². The fraction of sp³-hybridized carbons (Fsp3) is 0.538. The van der Waals surface area contributed by atoms with Crippen molar-refractivity contribution in [3.63, 3.8) is 0 Å². The van der Waals surface area contributed by atoms with Crippen LogP contribution in [0.1, 0.15) is 18.9 Å². The number of nitro groups is 1. The molecule has 2 atom stereocenters. The number of benzene rings is 1. The smallest absolute Gasteiger partial charge is 0.270 e. The molecule has 0 bridgehead atoms. The number of non-ortho nitro benzene ring substituents is 1. The first-order chi connectivity index (χ1) is 9.08. The number of hydrogen-bond acceptors (Lipinski definition) is 4. The van der Waals surface area contributed by atoms with E-state index in [0.717, 1.165) is 29.7 Å². The van der Waals surface area contributed by atoms with Crippen molar-refractivity contribution in [1.82, 2.24) is 5.32 Å². The second kappa shape index (κ2) is 6.45. The molecule has 0 aliphatic carbocycles. The third-order valence-electron chi connectivity index (χ3n) is 3.53. The molecule has 0 aromatic heterocycles. The summed E-state index contributed by atoms with van der Waals surface area (Å²) in [6, 6.07) is 5.24. The highest BCUT2D eigenvalue weighted by Gasteiger charge is 2.22. The van der Waals surface area contributed by atoms with Gasteiger partial charge in [0.15, 0.2) is 0 Å². The van der Waals surface area contributed by atoms with Crippen molar-refractivity contribution in [3.8, 4) is 0 Å². The van der Waals surface area contributed by atoms with Crippen molar-refractivity contribution in [2.24, 2.45) is 5.92 Å². The van der Waals surface area contributed by atoms with Gasteiger partial charge >= 0.3 is 0 Å². The van der Waals surface area contributed by atoms with Crippen LogP contribution in [0.2, 0.25) is 0 Å². The maximum Gasteiger partial charge on any atom is 0.270 e. The summed E-state index contributed by atoms with van der Waals surface area (Å²) in [5, 5.41) is 14.1. The van der Waals surface area contributed by atoms with Crippen molar-refractivity contribution in [2.45, 2.75) is 25.9 Å². The number of ether oxygens (including phenoxy) is 1.